The Bertz CT molecular complexity index is 1320. The predicted molar refractivity (Wildman–Crippen MR) is 143 cm³/mol. The van der Waals surface area contributed by atoms with Gasteiger partial charge in [0.15, 0.2) is 0 Å². The van der Waals surface area contributed by atoms with Crippen molar-refractivity contribution in [2.24, 2.45) is 0 Å². The average Bonchev–Trinajstić information content (AvgIpc) is 2.86. The number of fused-ring (bicyclic) bond motifs is 1. The molecule has 162 valence electrons. The summed E-state index contributed by atoms with van der Waals surface area (Å²) in [5.41, 5.74) is 8.32. The minimum Gasteiger partial charge on any atom is -0.344 e. The van der Waals surface area contributed by atoms with Gasteiger partial charge in [-0.05, 0) is 73.8 Å². The Morgan fingerprint density at radius 2 is 0.909 bits per heavy atom. The largest absolute Gasteiger partial charge is 0.344 e. The highest BCUT2D eigenvalue weighted by Crippen LogP contribution is 2.37. The first-order valence-electron chi connectivity index (χ1n) is 11.4. The Labute approximate surface area is 196 Å². The Balaban J connectivity index is 1.53. The van der Waals surface area contributed by atoms with Crippen molar-refractivity contribution in [3.63, 3.8) is 0 Å². The third-order valence-corrected chi connectivity index (χ3v) is 6.21. The van der Waals surface area contributed by atoms with Crippen molar-refractivity contribution in [3.8, 4) is 0 Å². The van der Waals surface area contributed by atoms with E-state index in [0.717, 1.165) is 22.7 Å². The molecule has 2 heteroatoms. The SMILES string of the molecule is Cc1ccc(N(c2ccc(C)cc2)c2ccc(N(C)c3cccc4ccccc34)cc2)cc1. The summed E-state index contributed by atoms with van der Waals surface area (Å²) < 4.78 is 0. The van der Waals surface area contributed by atoms with Crippen LogP contribution in [0.3, 0.4) is 0 Å². The number of benzene rings is 5. The zero-order valence-corrected chi connectivity index (χ0v) is 19.4. The van der Waals surface area contributed by atoms with Crippen molar-refractivity contribution in [1.29, 1.82) is 0 Å². The molecule has 5 aromatic rings. The summed E-state index contributed by atoms with van der Waals surface area (Å²) in [5, 5.41) is 2.51. The van der Waals surface area contributed by atoms with E-state index in [4.69, 9.17) is 0 Å². The first-order valence-corrected chi connectivity index (χ1v) is 11.4. The zero-order chi connectivity index (χ0) is 22.8. The van der Waals surface area contributed by atoms with E-state index in [1.807, 2.05) is 0 Å². The maximum atomic E-state index is 2.31. The monoisotopic (exact) mass is 428 g/mol. The quantitative estimate of drug-likeness (QED) is 0.276. The molecular weight excluding hydrogens is 400 g/mol. The van der Waals surface area contributed by atoms with E-state index in [0.29, 0.717) is 0 Å². The lowest BCUT2D eigenvalue weighted by molar-refractivity contribution is 1.21. The van der Waals surface area contributed by atoms with Crippen molar-refractivity contribution in [3.05, 3.63) is 126 Å². The third kappa shape index (κ3) is 4.20. The van der Waals surface area contributed by atoms with Crippen LogP contribution < -0.4 is 9.80 Å². The molecule has 5 aromatic carbocycles. The molecule has 0 heterocycles. The molecule has 0 aliphatic carbocycles. The Morgan fingerprint density at radius 3 is 1.48 bits per heavy atom. The molecule has 0 bridgehead atoms. The van der Waals surface area contributed by atoms with Gasteiger partial charge in [-0.2, -0.15) is 0 Å². The number of nitrogens with zero attached hydrogens (tertiary/aromatic N) is 2. The second kappa shape index (κ2) is 8.84. The smallest absolute Gasteiger partial charge is 0.0487 e. The molecule has 2 nitrogen and oxygen atoms in total. The topological polar surface area (TPSA) is 6.48 Å². The number of aryl methyl sites for hydroxylation is 2. The van der Waals surface area contributed by atoms with E-state index in [9.17, 15) is 0 Å². The van der Waals surface area contributed by atoms with Gasteiger partial charge in [-0.25, -0.2) is 0 Å². The Kier molecular flexibility index (Phi) is 5.58. The van der Waals surface area contributed by atoms with Crippen LogP contribution in [0, 0.1) is 13.8 Å². The highest BCUT2D eigenvalue weighted by Gasteiger charge is 2.14. The van der Waals surface area contributed by atoms with E-state index in [2.05, 4.69) is 146 Å². The van der Waals surface area contributed by atoms with Gasteiger partial charge in [0.25, 0.3) is 0 Å². The van der Waals surface area contributed by atoms with E-state index in [-0.39, 0.29) is 0 Å². The first-order chi connectivity index (χ1) is 16.1. The molecule has 0 radical (unpaired) electrons. The lowest BCUT2D eigenvalue weighted by Gasteiger charge is -2.27. The maximum absolute atomic E-state index is 2.31. The van der Waals surface area contributed by atoms with Gasteiger partial charge in [0, 0.05) is 40.9 Å². The molecule has 0 fully saturated rings. The second-order valence-electron chi connectivity index (χ2n) is 8.58. The van der Waals surface area contributed by atoms with Crippen LogP contribution in [0.2, 0.25) is 0 Å². The molecule has 0 aromatic heterocycles. The number of rotatable bonds is 5. The van der Waals surface area contributed by atoms with Crippen LogP contribution in [-0.4, -0.2) is 7.05 Å². The molecule has 0 amide bonds. The molecule has 0 aliphatic rings. The van der Waals surface area contributed by atoms with Crippen LogP contribution in [0.5, 0.6) is 0 Å². The minimum absolute atomic E-state index is 1.14. The lowest BCUT2D eigenvalue weighted by Crippen LogP contribution is -2.12. The molecule has 0 aliphatic heterocycles. The third-order valence-electron chi connectivity index (χ3n) is 6.21. The fourth-order valence-electron chi connectivity index (χ4n) is 4.30. The van der Waals surface area contributed by atoms with Crippen molar-refractivity contribution in [2.75, 3.05) is 16.8 Å². The molecule has 0 saturated heterocycles. The lowest BCUT2D eigenvalue weighted by atomic mass is 10.1. The molecule has 0 N–H and O–H groups in total. The average molecular weight is 429 g/mol. The number of hydrogen-bond donors (Lipinski definition) is 0. The van der Waals surface area contributed by atoms with Crippen LogP contribution >= 0.6 is 0 Å². The van der Waals surface area contributed by atoms with E-state index in [1.165, 1.54) is 27.6 Å². The van der Waals surface area contributed by atoms with Crippen LogP contribution in [0.15, 0.2) is 115 Å². The normalized spacial score (nSPS) is 10.9. The van der Waals surface area contributed by atoms with Gasteiger partial charge in [0.2, 0.25) is 0 Å². The van der Waals surface area contributed by atoms with Gasteiger partial charge >= 0.3 is 0 Å². The van der Waals surface area contributed by atoms with E-state index >= 15 is 0 Å². The van der Waals surface area contributed by atoms with E-state index in [1.54, 1.807) is 0 Å². The van der Waals surface area contributed by atoms with Crippen molar-refractivity contribution in [2.45, 2.75) is 13.8 Å². The molecule has 0 saturated carbocycles. The highest BCUT2D eigenvalue weighted by molar-refractivity contribution is 5.96. The van der Waals surface area contributed by atoms with Crippen LogP contribution in [0.4, 0.5) is 28.4 Å². The van der Waals surface area contributed by atoms with Crippen LogP contribution in [0.1, 0.15) is 11.1 Å². The Morgan fingerprint density at radius 1 is 0.455 bits per heavy atom. The maximum Gasteiger partial charge on any atom is 0.0487 e. The zero-order valence-electron chi connectivity index (χ0n) is 19.4. The summed E-state index contributed by atoms with van der Waals surface area (Å²) in [5.74, 6) is 0. The summed E-state index contributed by atoms with van der Waals surface area (Å²) in [6.07, 6.45) is 0. The number of anilines is 5. The molecule has 0 spiro atoms. The van der Waals surface area contributed by atoms with Crippen LogP contribution in [0.25, 0.3) is 10.8 Å². The van der Waals surface area contributed by atoms with Crippen molar-refractivity contribution in [1.82, 2.24) is 0 Å². The van der Waals surface area contributed by atoms with Crippen molar-refractivity contribution >= 4 is 39.2 Å². The molecule has 0 atom stereocenters. The van der Waals surface area contributed by atoms with Crippen molar-refractivity contribution < 1.29 is 0 Å². The van der Waals surface area contributed by atoms with Gasteiger partial charge in [-0.3, -0.25) is 0 Å². The molecular formula is C31H28N2. The Hall–Kier alpha value is -4.04. The summed E-state index contributed by atoms with van der Waals surface area (Å²) in [7, 11) is 2.13. The fraction of sp³-hybridized carbons (Fsp3) is 0.0968. The number of hydrogen-bond acceptors (Lipinski definition) is 2. The minimum atomic E-state index is 1.14. The summed E-state index contributed by atoms with van der Waals surface area (Å²) in [6.45, 7) is 4.25. The molecule has 0 unspecified atom stereocenters. The van der Waals surface area contributed by atoms with Gasteiger partial charge in [0.05, 0.1) is 0 Å². The highest BCUT2D eigenvalue weighted by atomic mass is 15.1. The van der Waals surface area contributed by atoms with Crippen LogP contribution in [-0.2, 0) is 0 Å². The molecule has 33 heavy (non-hydrogen) atoms. The van der Waals surface area contributed by atoms with Gasteiger partial charge in [-0.15, -0.1) is 0 Å². The summed E-state index contributed by atoms with van der Waals surface area (Å²) >= 11 is 0. The fourth-order valence-corrected chi connectivity index (χ4v) is 4.30. The summed E-state index contributed by atoms with van der Waals surface area (Å²) in [4.78, 5) is 4.56. The summed E-state index contributed by atoms with van der Waals surface area (Å²) in [6, 6.07) is 41.2. The van der Waals surface area contributed by atoms with Gasteiger partial charge in [0.1, 0.15) is 0 Å². The van der Waals surface area contributed by atoms with Gasteiger partial charge < -0.3 is 9.80 Å². The second-order valence-corrected chi connectivity index (χ2v) is 8.58. The standard InChI is InChI=1S/C31H28N2/c1-23-11-15-27(16-12-23)33(28-17-13-24(2)14-18-28)29-21-19-26(20-22-29)32(3)31-10-6-8-25-7-4-5-9-30(25)31/h4-22H,1-3H3. The first kappa shape index (κ1) is 20.8. The van der Waals surface area contributed by atoms with E-state index < -0.39 is 0 Å². The predicted octanol–water partition coefficient (Wildman–Crippen LogP) is 8.69. The van der Waals surface area contributed by atoms with Gasteiger partial charge in [-0.1, -0.05) is 71.8 Å². The molecule has 5 rings (SSSR count).